The number of carbonyl (C=O) groups excluding carboxylic acids is 1. The fourth-order valence-corrected chi connectivity index (χ4v) is 3.92. The van der Waals surface area contributed by atoms with Crippen LogP contribution in [0.2, 0.25) is 0 Å². The third-order valence-corrected chi connectivity index (χ3v) is 5.92. The number of piperidine rings is 1. The normalized spacial score (nSPS) is 18.2. The molecule has 2 aliphatic rings. The Labute approximate surface area is 221 Å². The minimum absolute atomic E-state index is 0.309. The molecular formula is C24H33F6N3O6. The van der Waals surface area contributed by atoms with E-state index >= 15 is 0 Å². The van der Waals surface area contributed by atoms with E-state index in [1.165, 1.54) is 18.5 Å². The molecule has 15 heteroatoms. The molecule has 0 spiro atoms. The highest BCUT2D eigenvalue weighted by Gasteiger charge is 2.38. The molecule has 2 saturated heterocycles. The van der Waals surface area contributed by atoms with Gasteiger partial charge in [0.15, 0.2) is 0 Å². The number of halogens is 6. The van der Waals surface area contributed by atoms with Gasteiger partial charge >= 0.3 is 24.3 Å². The maximum atomic E-state index is 12.5. The summed E-state index contributed by atoms with van der Waals surface area (Å²) in [5.74, 6) is -3.55. The lowest BCUT2D eigenvalue weighted by atomic mass is 10.0. The monoisotopic (exact) mass is 573 g/mol. The highest BCUT2D eigenvalue weighted by atomic mass is 19.4. The predicted octanol–water partition coefficient (Wildman–Crippen LogP) is 3.73. The number of alkyl halides is 6. The van der Waals surface area contributed by atoms with E-state index in [-0.39, 0.29) is 0 Å². The number of rotatable bonds is 5. The lowest BCUT2D eigenvalue weighted by Gasteiger charge is -2.37. The largest absolute Gasteiger partial charge is 0.497 e. The number of carbonyl (C=O) groups is 3. The van der Waals surface area contributed by atoms with Gasteiger partial charge in [-0.2, -0.15) is 26.3 Å². The van der Waals surface area contributed by atoms with Crippen molar-refractivity contribution in [1.82, 2.24) is 9.80 Å². The molecule has 0 aliphatic carbocycles. The lowest BCUT2D eigenvalue weighted by Crippen LogP contribution is -2.49. The fourth-order valence-electron chi connectivity index (χ4n) is 3.92. The number of amides is 1. The number of hydrogen-bond donors (Lipinski definition) is 2. The molecule has 9 nitrogen and oxygen atoms in total. The molecule has 1 aromatic carbocycles. The maximum absolute atomic E-state index is 12.5. The van der Waals surface area contributed by atoms with Crippen molar-refractivity contribution < 1.29 is 55.7 Å². The van der Waals surface area contributed by atoms with Crippen LogP contribution in [0.15, 0.2) is 24.3 Å². The van der Waals surface area contributed by atoms with Crippen molar-refractivity contribution in [2.24, 2.45) is 5.92 Å². The number of nitrogens with zero attached hydrogens (tertiary/aromatic N) is 3. The van der Waals surface area contributed by atoms with Crippen LogP contribution >= 0.6 is 0 Å². The summed E-state index contributed by atoms with van der Waals surface area (Å²) in [5.41, 5.74) is 1.17. The number of ether oxygens (including phenoxy) is 1. The first-order chi connectivity index (χ1) is 18.0. The van der Waals surface area contributed by atoms with Crippen LogP contribution in [-0.4, -0.2) is 103 Å². The van der Waals surface area contributed by atoms with Gasteiger partial charge in [-0.05, 0) is 37.4 Å². The standard InChI is InChI=1S/C20H31N3O2.2C2HF3O2/c1-17-5-4-9-21(16-17)10-8-20(24)23-13-11-22(12-14-23)18-6-3-7-19(15-18)25-2;2*3-2(4,5)1(6)7/h3,6-7,15,17H,4-5,8-14,16H2,1-2H3;2*(H,6,7). The molecule has 39 heavy (non-hydrogen) atoms. The SMILES string of the molecule is COc1cccc(N2CCN(C(=O)CCN3CCCC(C)C3)CC2)c1.O=C(O)C(F)(F)F.O=C(O)C(F)(F)F. The Morgan fingerprint density at radius 2 is 1.49 bits per heavy atom. The fraction of sp³-hybridized carbons (Fsp3) is 0.625. The van der Waals surface area contributed by atoms with E-state index in [1.54, 1.807) is 7.11 Å². The van der Waals surface area contributed by atoms with Gasteiger partial charge in [0, 0.05) is 57.4 Å². The van der Waals surface area contributed by atoms with Gasteiger partial charge in [-0.1, -0.05) is 13.0 Å². The zero-order valence-corrected chi connectivity index (χ0v) is 21.6. The topological polar surface area (TPSA) is 111 Å². The lowest BCUT2D eigenvalue weighted by molar-refractivity contribution is -0.193. The van der Waals surface area contributed by atoms with Crippen LogP contribution in [0.5, 0.6) is 5.75 Å². The van der Waals surface area contributed by atoms with Gasteiger partial charge in [-0.15, -0.1) is 0 Å². The Morgan fingerprint density at radius 3 is 1.95 bits per heavy atom. The minimum Gasteiger partial charge on any atom is -0.497 e. The number of aliphatic carboxylic acids is 2. The van der Waals surface area contributed by atoms with E-state index < -0.39 is 24.3 Å². The average Bonchev–Trinajstić information content (AvgIpc) is 2.87. The van der Waals surface area contributed by atoms with Crippen molar-refractivity contribution in [2.45, 2.75) is 38.5 Å². The second-order valence-electron chi connectivity index (χ2n) is 8.97. The van der Waals surface area contributed by atoms with Gasteiger partial charge in [-0.25, -0.2) is 9.59 Å². The molecule has 1 atom stereocenters. The van der Waals surface area contributed by atoms with Crippen molar-refractivity contribution in [3.05, 3.63) is 24.3 Å². The molecule has 222 valence electrons. The summed E-state index contributed by atoms with van der Waals surface area (Å²) >= 11 is 0. The van der Waals surface area contributed by atoms with E-state index in [4.69, 9.17) is 24.5 Å². The van der Waals surface area contributed by atoms with Crippen molar-refractivity contribution >= 4 is 23.5 Å². The molecule has 2 N–H and O–H groups in total. The van der Waals surface area contributed by atoms with E-state index in [0.717, 1.165) is 57.5 Å². The summed E-state index contributed by atoms with van der Waals surface area (Å²) in [6.45, 7) is 8.93. The van der Waals surface area contributed by atoms with Crippen molar-refractivity contribution in [3.8, 4) is 5.75 Å². The van der Waals surface area contributed by atoms with E-state index in [1.807, 2.05) is 17.0 Å². The molecule has 1 amide bonds. The number of likely N-dealkylation sites (tertiary alicyclic amines) is 1. The third-order valence-electron chi connectivity index (χ3n) is 5.92. The summed E-state index contributed by atoms with van der Waals surface area (Å²) < 4.78 is 68.8. The maximum Gasteiger partial charge on any atom is 0.490 e. The van der Waals surface area contributed by atoms with Gasteiger partial charge < -0.3 is 29.6 Å². The van der Waals surface area contributed by atoms with Crippen molar-refractivity contribution in [2.75, 3.05) is 57.8 Å². The number of hydrogen-bond acceptors (Lipinski definition) is 6. The zero-order chi connectivity index (χ0) is 29.8. The van der Waals surface area contributed by atoms with Gasteiger partial charge in [-0.3, -0.25) is 4.79 Å². The molecule has 2 aliphatic heterocycles. The summed E-state index contributed by atoms with van der Waals surface area (Å²) in [4.78, 5) is 37.1. The molecule has 0 saturated carbocycles. The number of piperazine rings is 1. The smallest absolute Gasteiger partial charge is 0.490 e. The molecule has 1 unspecified atom stereocenters. The van der Waals surface area contributed by atoms with Crippen LogP contribution in [0, 0.1) is 5.92 Å². The van der Waals surface area contributed by atoms with Crippen LogP contribution in [0.1, 0.15) is 26.2 Å². The molecular weight excluding hydrogens is 540 g/mol. The highest BCUT2D eigenvalue weighted by molar-refractivity contribution is 5.76. The number of anilines is 1. The Morgan fingerprint density at radius 1 is 0.949 bits per heavy atom. The minimum atomic E-state index is -5.08. The highest BCUT2D eigenvalue weighted by Crippen LogP contribution is 2.22. The predicted molar refractivity (Wildman–Crippen MR) is 129 cm³/mol. The van der Waals surface area contributed by atoms with Crippen LogP contribution in [0.25, 0.3) is 0 Å². The molecule has 3 rings (SSSR count). The van der Waals surface area contributed by atoms with Crippen LogP contribution in [0.3, 0.4) is 0 Å². The number of benzene rings is 1. The second kappa shape index (κ2) is 15.4. The number of methoxy groups -OCH3 is 1. The molecule has 2 heterocycles. The number of carboxylic acid groups (broad SMARTS) is 2. The van der Waals surface area contributed by atoms with Gasteiger partial charge in [0.25, 0.3) is 0 Å². The molecule has 0 aromatic heterocycles. The first-order valence-electron chi connectivity index (χ1n) is 12.0. The Balaban J connectivity index is 0.000000449. The van der Waals surface area contributed by atoms with Gasteiger partial charge in [0.2, 0.25) is 5.91 Å². The van der Waals surface area contributed by atoms with Crippen LogP contribution < -0.4 is 9.64 Å². The van der Waals surface area contributed by atoms with Gasteiger partial charge in [0.1, 0.15) is 5.75 Å². The Hall–Kier alpha value is -3.23. The summed E-state index contributed by atoms with van der Waals surface area (Å²) in [5, 5.41) is 14.2. The number of carboxylic acids is 2. The van der Waals surface area contributed by atoms with E-state index in [2.05, 4.69) is 28.9 Å². The Bertz CT molecular complexity index is 912. The molecule has 0 bridgehead atoms. The average molecular weight is 574 g/mol. The summed E-state index contributed by atoms with van der Waals surface area (Å²) in [6.07, 6.45) is -6.91. The second-order valence-corrected chi connectivity index (χ2v) is 8.97. The summed E-state index contributed by atoms with van der Waals surface area (Å²) in [6, 6.07) is 8.16. The molecule has 0 radical (unpaired) electrons. The third kappa shape index (κ3) is 12.9. The first-order valence-corrected chi connectivity index (χ1v) is 12.0. The van der Waals surface area contributed by atoms with Gasteiger partial charge in [0.05, 0.1) is 7.11 Å². The summed E-state index contributed by atoms with van der Waals surface area (Å²) in [7, 11) is 1.69. The first kappa shape index (κ1) is 33.8. The van der Waals surface area contributed by atoms with E-state index in [9.17, 15) is 31.1 Å². The van der Waals surface area contributed by atoms with Crippen LogP contribution in [0.4, 0.5) is 32.0 Å². The Kier molecular flexibility index (Phi) is 13.3. The van der Waals surface area contributed by atoms with Crippen molar-refractivity contribution in [3.63, 3.8) is 0 Å². The van der Waals surface area contributed by atoms with Crippen molar-refractivity contribution in [1.29, 1.82) is 0 Å². The zero-order valence-electron chi connectivity index (χ0n) is 21.6. The molecule has 2 fully saturated rings. The van der Waals surface area contributed by atoms with Crippen LogP contribution in [-0.2, 0) is 14.4 Å². The van der Waals surface area contributed by atoms with E-state index in [0.29, 0.717) is 12.3 Å². The quantitative estimate of drug-likeness (QED) is 0.513. The molecule has 1 aromatic rings.